The number of hydrogen-bond donors (Lipinski definition) is 1. The zero-order valence-corrected chi connectivity index (χ0v) is 14.2. The second-order valence-electron chi connectivity index (χ2n) is 6.02. The van der Waals surface area contributed by atoms with Crippen LogP contribution in [0.4, 0.5) is 4.79 Å². The van der Waals surface area contributed by atoms with E-state index in [-0.39, 0.29) is 11.7 Å². The first-order valence-corrected chi connectivity index (χ1v) is 9.02. The van der Waals surface area contributed by atoms with E-state index < -0.39 is 6.09 Å². The maximum Gasteiger partial charge on any atom is 0.407 e. The summed E-state index contributed by atoms with van der Waals surface area (Å²) in [5, 5.41) is 11.8. The molecule has 0 unspecified atom stereocenters. The Morgan fingerprint density at radius 1 is 1.21 bits per heavy atom. The first-order valence-electron chi connectivity index (χ1n) is 8.14. The van der Waals surface area contributed by atoms with Gasteiger partial charge in [-0.1, -0.05) is 30.3 Å². The number of aryl methyl sites for hydroxylation is 1. The molecule has 1 aromatic heterocycles. The van der Waals surface area contributed by atoms with Crippen molar-refractivity contribution in [2.45, 2.75) is 31.6 Å². The van der Waals surface area contributed by atoms with E-state index in [2.05, 4.69) is 4.98 Å². The molecular formula is C18H20N2O3S. The summed E-state index contributed by atoms with van der Waals surface area (Å²) in [7, 11) is 0. The molecule has 1 aliphatic heterocycles. The molecule has 0 atom stereocenters. The number of piperidine rings is 1. The Labute approximate surface area is 145 Å². The molecule has 1 saturated heterocycles. The molecule has 0 spiro atoms. The van der Waals surface area contributed by atoms with Crippen LogP contribution in [0.2, 0.25) is 0 Å². The van der Waals surface area contributed by atoms with Crippen molar-refractivity contribution < 1.29 is 14.7 Å². The van der Waals surface area contributed by atoms with Crippen molar-refractivity contribution in [1.29, 1.82) is 0 Å². The molecule has 2 heterocycles. The van der Waals surface area contributed by atoms with E-state index in [0.717, 1.165) is 29.8 Å². The smallest absolute Gasteiger partial charge is 0.407 e. The van der Waals surface area contributed by atoms with Crippen molar-refractivity contribution in [3.05, 3.63) is 52.0 Å². The van der Waals surface area contributed by atoms with E-state index in [0.29, 0.717) is 25.2 Å². The Hall–Kier alpha value is -2.21. The summed E-state index contributed by atoms with van der Waals surface area (Å²) in [6.07, 6.45) is 1.88. The number of carbonyl (C=O) groups is 2. The van der Waals surface area contributed by atoms with Crippen molar-refractivity contribution in [1.82, 2.24) is 9.88 Å². The SMILES string of the molecule is O=C(CCc1ccccc1)c1csc(C2CCN(C(=O)O)CC2)n1. The van der Waals surface area contributed by atoms with Gasteiger partial charge >= 0.3 is 6.09 Å². The van der Waals surface area contributed by atoms with Crippen LogP contribution in [-0.4, -0.2) is 40.0 Å². The van der Waals surface area contributed by atoms with Gasteiger partial charge in [0.25, 0.3) is 0 Å². The Bertz CT molecular complexity index is 706. The van der Waals surface area contributed by atoms with Crippen LogP contribution >= 0.6 is 11.3 Å². The van der Waals surface area contributed by atoms with Gasteiger partial charge in [-0.05, 0) is 24.8 Å². The third-order valence-corrected chi connectivity index (χ3v) is 5.41. The number of Topliss-reactive ketones (excluding diaryl/α,β-unsaturated/α-hetero) is 1. The second-order valence-corrected chi connectivity index (χ2v) is 6.91. The number of nitrogens with zero attached hydrogens (tertiary/aromatic N) is 2. The van der Waals surface area contributed by atoms with Crippen molar-refractivity contribution in [3.63, 3.8) is 0 Å². The largest absolute Gasteiger partial charge is 0.465 e. The molecule has 0 saturated carbocycles. The maximum absolute atomic E-state index is 12.3. The third-order valence-electron chi connectivity index (χ3n) is 4.41. The van der Waals surface area contributed by atoms with Crippen LogP contribution in [-0.2, 0) is 6.42 Å². The van der Waals surface area contributed by atoms with Crippen LogP contribution in [0.5, 0.6) is 0 Å². The Kier molecular flexibility index (Phi) is 5.25. The van der Waals surface area contributed by atoms with Crippen LogP contribution in [0.15, 0.2) is 35.7 Å². The Morgan fingerprint density at radius 3 is 2.58 bits per heavy atom. The summed E-state index contributed by atoms with van der Waals surface area (Å²) < 4.78 is 0. The van der Waals surface area contributed by atoms with E-state index in [9.17, 15) is 9.59 Å². The highest BCUT2D eigenvalue weighted by Gasteiger charge is 2.25. The summed E-state index contributed by atoms with van der Waals surface area (Å²) in [5.74, 6) is 0.339. The topological polar surface area (TPSA) is 70.5 Å². The van der Waals surface area contributed by atoms with Crippen LogP contribution in [0.25, 0.3) is 0 Å². The van der Waals surface area contributed by atoms with Crippen LogP contribution < -0.4 is 0 Å². The lowest BCUT2D eigenvalue weighted by Crippen LogP contribution is -2.36. The number of likely N-dealkylation sites (tertiary alicyclic amines) is 1. The average molecular weight is 344 g/mol. The summed E-state index contributed by atoms with van der Waals surface area (Å²) in [6, 6.07) is 9.97. The number of carboxylic acid groups (broad SMARTS) is 1. The third kappa shape index (κ3) is 4.00. The minimum absolute atomic E-state index is 0.0734. The fourth-order valence-electron chi connectivity index (χ4n) is 2.95. The highest BCUT2D eigenvalue weighted by molar-refractivity contribution is 7.09. The molecule has 1 N–H and O–H groups in total. The monoisotopic (exact) mass is 344 g/mol. The van der Waals surface area contributed by atoms with Crippen LogP contribution in [0.3, 0.4) is 0 Å². The molecule has 24 heavy (non-hydrogen) atoms. The molecule has 0 aliphatic carbocycles. The second kappa shape index (κ2) is 7.57. The van der Waals surface area contributed by atoms with Gasteiger partial charge in [0.2, 0.25) is 0 Å². The van der Waals surface area contributed by atoms with E-state index in [1.165, 1.54) is 16.2 Å². The molecule has 0 bridgehead atoms. The van der Waals surface area contributed by atoms with Crippen LogP contribution in [0.1, 0.15) is 46.2 Å². The van der Waals surface area contributed by atoms with Gasteiger partial charge in [0.15, 0.2) is 5.78 Å². The normalized spacial score (nSPS) is 15.4. The highest BCUT2D eigenvalue weighted by Crippen LogP contribution is 2.30. The molecule has 3 rings (SSSR count). The highest BCUT2D eigenvalue weighted by atomic mass is 32.1. The van der Waals surface area contributed by atoms with Gasteiger partial charge < -0.3 is 10.0 Å². The molecule has 6 heteroatoms. The first kappa shape index (κ1) is 16.6. The van der Waals surface area contributed by atoms with Gasteiger partial charge in [0.05, 0.1) is 5.01 Å². The van der Waals surface area contributed by atoms with E-state index >= 15 is 0 Å². The van der Waals surface area contributed by atoms with Gasteiger partial charge in [-0.2, -0.15) is 0 Å². The number of benzene rings is 1. The van der Waals surface area contributed by atoms with Crippen molar-refractivity contribution in [2.24, 2.45) is 0 Å². The first-order chi connectivity index (χ1) is 11.6. The number of thiazole rings is 1. The van der Waals surface area contributed by atoms with Gasteiger partial charge in [0, 0.05) is 30.8 Å². The fourth-order valence-corrected chi connectivity index (χ4v) is 3.95. The molecule has 1 fully saturated rings. The fraction of sp³-hybridized carbons (Fsp3) is 0.389. The zero-order chi connectivity index (χ0) is 16.9. The number of hydrogen-bond acceptors (Lipinski definition) is 4. The van der Waals surface area contributed by atoms with Crippen molar-refractivity contribution in [2.75, 3.05) is 13.1 Å². The predicted octanol–water partition coefficient (Wildman–Crippen LogP) is 3.82. The lowest BCUT2D eigenvalue weighted by molar-refractivity contribution is 0.0978. The minimum Gasteiger partial charge on any atom is -0.465 e. The molecule has 0 radical (unpaired) electrons. The molecular weight excluding hydrogens is 324 g/mol. The van der Waals surface area contributed by atoms with E-state index in [4.69, 9.17) is 5.11 Å². The van der Waals surface area contributed by atoms with Gasteiger partial charge in [-0.15, -0.1) is 11.3 Å². The van der Waals surface area contributed by atoms with Crippen molar-refractivity contribution >= 4 is 23.2 Å². The molecule has 1 aromatic carbocycles. The number of aromatic nitrogens is 1. The lowest BCUT2D eigenvalue weighted by atomic mass is 9.98. The summed E-state index contributed by atoms with van der Waals surface area (Å²) in [6.45, 7) is 1.08. The zero-order valence-electron chi connectivity index (χ0n) is 13.4. The van der Waals surface area contributed by atoms with E-state index in [1.807, 2.05) is 35.7 Å². The van der Waals surface area contributed by atoms with Crippen molar-refractivity contribution in [3.8, 4) is 0 Å². The van der Waals surface area contributed by atoms with Gasteiger partial charge in [-0.25, -0.2) is 9.78 Å². The molecule has 2 aromatic rings. The summed E-state index contributed by atoms with van der Waals surface area (Å²) in [4.78, 5) is 29.2. The molecule has 126 valence electrons. The number of amides is 1. The Balaban J connectivity index is 1.55. The summed E-state index contributed by atoms with van der Waals surface area (Å²) in [5.41, 5.74) is 1.70. The molecule has 1 amide bonds. The minimum atomic E-state index is -0.857. The average Bonchev–Trinajstić information content (AvgIpc) is 3.11. The summed E-state index contributed by atoms with van der Waals surface area (Å²) >= 11 is 1.52. The standard InChI is InChI=1S/C18H20N2O3S/c21-16(7-6-13-4-2-1-3-5-13)15-12-24-17(19-15)14-8-10-20(11-9-14)18(22)23/h1-5,12,14H,6-11H2,(H,22,23). The molecule has 5 nitrogen and oxygen atoms in total. The lowest BCUT2D eigenvalue weighted by Gasteiger charge is -2.28. The quantitative estimate of drug-likeness (QED) is 0.837. The number of carbonyl (C=O) groups excluding carboxylic acids is 1. The number of ketones is 1. The van der Waals surface area contributed by atoms with Gasteiger partial charge in [-0.3, -0.25) is 4.79 Å². The predicted molar refractivity (Wildman–Crippen MR) is 92.8 cm³/mol. The molecule has 1 aliphatic rings. The number of rotatable bonds is 5. The maximum atomic E-state index is 12.3. The Morgan fingerprint density at radius 2 is 1.92 bits per heavy atom. The van der Waals surface area contributed by atoms with Crippen LogP contribution in [0, 0.1) is 0 Å². The van der Waals surface area contributed by atoms with Gasteiger partial charge in [0.1, 0.15) is 5.69 Å². The van der Waals surface area contributed by atoms with E-state index in [1.54, 1.807) is 0 Å².